The minimum Gasteiger partial charge on any atom is -0.399 e. The van der Waals surface area contributed by atoms with Gasteiger partial charge in [0, 0.05) is 11.9 Å². The van der Waals surface area contributed by atoms with Crippen molar-refractivity contribution in [1.82, 2.24) is 9.55 Å². The molecular formula is C11H10ClN3O2. The summed E-state index contributed by atoms with van der Waals surface area (Å²) in [7, 11) is 0. The van der Waals surface area contributed by atoms with E-state index in [4.69, 9.17) is 17.3 Å². The van der Waals surface area contributed by atoms with Crippen LogP contribution in [0.4, 0.5) is 5.69 Å². The molecule has 88 valence electrons. The highest BCUT2D eigenvalue weighted by molar-refractivity contribution is 6.30. The molecule has 0 spiro atoms. The zero-order valence-corrected chi connectivity index (χ0v) is 9.57. The summed E-state index contributed by atoms with van der Waals surface area (Å²) in [6, 6.07) is 7.10. The van der Waals surface area contributed by atoms with Crippen molar-refractivity contribution in [2.75, 3.05) is 5.73 Å². The Labute approximate surface area is 101 Å². The molecule has 5 nitrogen and oxygen atoms in total. The summed E-state index contributed by atoms with van der Waals surface area (Å²) in [4.78, 5) is 24.7. The molecule has 1 heterocycles. The molecule has 0 aliphatic rings. The molecule has 1 aromatic carbocycles. The molecule has 0 atom stereocenters. The number of hydrogen-bond acceptors (Lipinski definition) is 3. The van der Waals surface area contributed by atoms with Gasteiger partial charge in [-0.25, -0.2) is 4.79 Å². The van der Waals surface area contributed by atoms with Crippen molar-refractivity contribution in [2.45, 2.75) is 6.54 Å². The lowest BCUT2D eigenvalue weighted by atomic mass is 10.2. The molecule has 0 fully saturated rings. The fourth-order valence-electron chi connectivity index (χ4n) is 1.42. The zero-order valence-electron chi connectivity index (χ0n) is 8.81. The first kappa shape index (κ1) is 11.5. The predicted molar refractivity (Wildman–Crippen MR) is 66.3 cm³/mol. The number of benzene rings is 1. The Hall–Kier alpha value is -2.01. The van der Waals surface area contributed by atoms with Crippen molar-refractivity contribution in [3.63, 3.8) is 0 Å². The van der Waals surface area contributed by atoms with Gasteiger partial charge in [0.05, 0.1) is 6.54 Å². The van der Waals surface area contributed by atoms with Gasteiger partial charge >= 0.3 is 5.69 Å². The number of rotatable bonds is 2. The van der Waals surface area contributed by atoms with Crippen LogP contribution in [0.1, 0.15) is 5.56 Å². The number of H-pyrrole nitrogens is 1. The first-order valence-corrected chi connectivity index (χ1v) is 5.28. The number of halogens is 1. The van der Waals surface area contributed by atoms with Crippen LogP contribution in [-0.2, 0) is 6.54 Å². The van der Waals surface area contributed by atoms with Crippen molar-refractivity contribution in [2.24, 2.45) is 0 Å². The van der Waals surface area contributed by atoms with Gasteiger partial charge in [-0.2, -0.15) is 0 Å². The SMILES string of the molecule is Nc1ccc(Cn2cc(Cl)c(=O)[nH]c2=O)cc1. The van der Waals surface area contributed by atoms with Crippen LogP contribution in [0.5, 0.6) is 0 Å². The van der Waals surface area contributed by atoms with E-state index < -0.39 is 11.2 Å². The van der Waals surface area contributed by atoms with E-state index in [1.807, 2.05) is 0 Å². The van der Waals surface area contributed by atoms with Gasteiger partial charge in [-0.1, -0.05) is 23.7 Å². The summed E-state index contributed by atoms with van der Waals surface area (Å²) in [6.07, 6.45) is 1.32. The normalized spacial score (nSPS) is 10.4. The summed E-state index contributed by atoms with van der Waals surface area (Å²) < 4.78 is 1.33. The zero-order chi connectivity index (χ0) is 12.4. The van der Waals surface area contributed by atoms with Crippen LogP contribution in [0.25, 0.3) is 0 Å². The maximum absolute atomic E-state index is 11.5. The number of hydrogen-bond donors (Lipinski definition) is 2. The minimum absolute atomic E-state index is 0.0138. The van der Waals surface area contributed by atoms with Crippen LogP contribution < -0.4 is 17.0 Å². The van der Waals surface area contributed by atoms with Gasteiger partial charge in [0.2, 0.25) is 0 Å². The maximum Gasteiger partial charge on any atom is 0.328 e. The molecule has 1 aromatic heterocycles. The molecule has 0 unspecified atom stereocenters. The van der Waals surface area contributed by atoms with E-state index in [0.29, 0.717) is 12.2 Å². The number of aromatic nitrogens is 2. The van der Waals surface area contributed by atoms with E-state index in [1.165, 1.54) is 10.8 Å². The third kappa shape index (κ3) is 2.57. The summed E-state index contributed by atoms with van der Waals surface area (Å²) in [5.41, 5.74) is 6.04. The molecule has 0 aliphatic heterocycles. The molecule has 0 bridgehead atoms. The lowest BCUT2D eigenvalue weighted by Gasteiger charge is -2.05. The second-order valence-corrected chi connectivity index (χ2v) is 4.01. The highest BCUT2D eigenvalue weighted by Crippen LogP contribution is 2.07. The van der Waals surface area contributed by atoms with Gasteiger partial charge in [-0.3, -0.25) is 14.3 Å². The number of aromatic amines is 1. The van der Waals surface area contributed by atoms with E-state index in [1.54, 1.807) is 24.3 Å². The van der Waals surface area contributed by atoms with Crippen LogP contribution in [0.2, 0.25) is 5.02 Å². The summed E-state index contributed by atoms with van der Waals surface area (Å²) >= 11 is 5.65. The van der Waals surface area contributed by atoms with Gasteiger partial charge in [0.25, 0.3) is 5.56 Å². The summed E-state index contributed by atoms with van der Waals surface area (Å²) in [5, 5.41) is -0.0138. The molecule has 17 heavy (non-hydrogen) atoms. The predicted octanol–water partition coefficient (Wildman–Crippen LogP) is 0.821. The minimum atomic E-state index is -0.578. The second kappa shape index (κ2) is 4.47. The highest BCUT2D eigenvalue weighted by Gasteiger charge is 2.02. The molecule has 0 radical (unpaired) electrons. The highest BCUT2D eigenvalue weighted by atomic mass is 35.5. The third-order valence-electron chi connectivity index (χ3n) is 2.30. The second-order valence-electron chi connectivity index (χ2n) is 3.61. The van der Waals surface area contributed by atoms with Gasteiger partial charge in [0.15, 0.2) is 0 Å². The van der Waals surface area contributed by atoms with Gasteiger partial charge in [-0.05, 0) is 17.7 Å². The fourth-order valence-corrected chi connectivity index (χ4v) is 1.58. The topological polar surface area (TPSA) is 80.9 Å². The largest absolute Gasteiger partial charge is 0.399 e. The quantitative estimate of drug-likeness (QED) is 0.776. The summed E-state index contributed by atoms with van der Waals surface area (Å²) in [5.74, 6) is 0. The van der Waals surface area contributed by atoms with Crippen molar-refractivity contribution >= 4 is 17.3 Å². The van der Waals surface area contributed by atoms with Crippen LogP contribution >= 0.6 is 11.6 Å². The Balaban J connectivity index is 2.36. The molecule has 0 aliphatic carbocycles. The van der Waals surface area contributed by atoms with Crippen LogP contribution in [-0.4, -0.2) is 9.55 Å². The fraction of sp³-hybridized carbons (Fsp3) is 0.0909. The number of nitrogen functional groups attached to an aromatic ring is 1. The van der Waals surface area contributed by atoms with Gasteiger partial charge in [0.1, 0.15) is 5.02 Å². The standard InChI is InChI=1S/C11H10ClN3O2/c12-9-6-15(11(17)14-10(9)16)5-7-1-3-8(13)4-2-7/h1-4,6H,5,13H2,(H,14,16,17). The van der Waals surface area contributed by atoms with E-state index in [0.717, 1.165) is 5.56 Å². The van der Waals surface area contributed by atoms with Crippen LogP contribution in [0, 0.1) is 0 Å². The Morgan fingerprint density at radius 3 is 2.53 bits per heavy atom. The van der Waals surface area contributed by atoms with E-state index in [9.17, 15) is 9.59 Å². The van der Waals surface area contributed by atoms with E-state index in [2.05, 4.69) is 4.98 Å². The first-order chi connectivity index (χ1) is 8.06. The molecular weight excluding hydrogens is 242 g/mol. The molecule has 0 amide bonds. The molecule has 2 aromatic rings. The van der Waals surface area contributed by atoms with Crippen molar-refractivity contribution < 1.29 is 0 Å². The number of nitrogens with one attached hydrogen (secondary N) is 1. The van der Waals surface area contributed by atoms with Crippen molar-refractivity contribution in [3.05, 3.63) is 61.9 Å². The Kier molecular flexibility index (Phi) is 3.01. The number of nitrogens with zero attached hydrogens (tertiary/aromatic N) is 1. The van der Waals surface area contributed by atoms with Crippen molar-refractivity contribution in [1.29, 1.82) is 0 Å². The molecule has 3 N–H and O–H groups in total. The smallest absolute Gasteiger partial charge is 0.328 e. The lowest BCUT2D eigenvalue weighted by Crippen LogP contribution is -2.29. The first-order valence-electron chi connectivity index (χ1n) is 4.90. The Morgan fingerprint density at radius 1 is 1.24 bits per heavy atom. The van der Waals surface area contributed by atoms with Crippen LogP contribution in [0.15, 0.2) is 40.1 Å². The monoisotopic (exact) mass is 251 g/mol. The average Bonchev–Trinajstić information content (AvgIpc) is 2.29. The lowest BCUT2D eigenvalue weighted by molar-refractivity contribution is 0.721. The summed E-state index contributed by atoms with van der Waals surface area (Å²) in [6.45, 7) is 0.329. The van der Waals surface area contributed by atoms with E-state index in [-0.39, 0.29) is 5.02 Å². The third-order valence-corrected chi connectivity index (χ3v) is 2.57. The van der Waals surface area contributed by atoms with Gasteiger partial charge in [-0.15, -0.1) is 0 Å². The molecule has 2 rings (SSSR count). The van der Waals surface area contributed by atoms with Crippen molar-refractivity contribution in [3.8, 4) is 0 Å². The van der Waals surface area contributed by atoms with Gasteiger partial charge < -0.3 is 5.73 Å². The van der Waals surface area contributed by atoms with E-state index >= 15 is 0 Å². The van der Waals surface area contributed by atoms with Crippen LogP contribution in [0.3, 0.4) is 0 Å². The molecule has 6 heteroatoms. The Morgan fingerprint density at radius 2 is 1.88 bits per heavy atom. The molecule has 0 saturated heterocycles. The number of anilines is 1. The average molecular weight is 252 g/mol. The number of nitrogens with two attached hydrogens (primary N) is 1. The maximum atomic E-state index is 11.5. The Bertz CT molecular complexity index is 643. The molecule has 0 saturated carbocycles.